The van der Waals surface area contributed by atoms with E-state index in [-0.39, 0.29) is 6.10 Å². The number of benzene rings is 2. The maximum atomic E-state index is 10.9. The molecular formula is C24H34O2Si. The second-order valence-corrected chi connectivity index (χ2v) is 14.5. The lowest BCUT2D eigenvalue weighted by Crippen LogP contribution is -2.36. The molecule has 0 saturated heterocycles. The molecule has 0 amide bonds. The first kappa shape index (κ1) is 21.6. The first-order valence-electron chi connectivity index (χ1n) is 9.77. The third-order valence-corrected chi connectivity index (χ3v) is 11.1. The highest BCUT2D eigenvalue weighted by Gasteiger charge is 2.33. The average molecular weight is 383 g/mol. The van der Waals surface area contributed by atoms with Crippen LogP contribution in [0.1, 0.15) is 44.1 Å². The second-order valence-electron chi connectivity index (χ2n) is 8.83. The van der Waals surface area contributed by atoms with Gasteiger partial charge in [-0.25, -0.2) is 0 Å². The van der Waals surface area contributed by atoms with Gasteiger partial charge < -0.3 is 9.84 Å². The number of aliphatic hydroxyl groups excluding tert-OH is 1. The Bertz CT molecular complexity index is 702. The van der Waals surface area contributed by atoms with Crippen molar-refractivity contribution in [1.82, 2.24) is 0 Å². The minimum Gasteiger partial charge on any atom is -0.385 e. The van der Waals surface area contributed by atoms with Gasteiger partial charge in [0.2, 0.25) is 0 Å². The van der Waals surface area contributed by atoms with E-state index in [9.17, 15) is 5.11 Å². The summed E-state index contributed by atoms with van der Waals surface area (Å²) < 4.78 is 6.12. The summed E-state index contributed by atoms with van der Waals surface area (Å²) in [6.07, 6.45) is 3.29. The lowest BCUT2D eigenvalue weighted by Gasteiger charge is -2.36. The molecule has 2 rings (SSSR count). The van der Waals surface area contributed by atoms with Gasteiger partial charge in [-0.2, -0.15) is 0 Å². The Balaban J connectivity index is 2.04. The Kier molecular flexibility index (Phi) is 7.60. The quantitative estimate of drug-likeness (QED) is 0.415. The molecule has 0 fully saturated rings. The molecule has 0 bridgehead atoms. The molecule has 2 aromatic carbocycles. The molecule has 2 nitrogen and oxygen atoms in total. The van der Waals surface area contributed by atoms with E-state index in [1.807, 2.05) is 60.7 Å². The van der Waals surface area contributed by atoms with Crippen molar-refractivity contribution in [3.05, 3.63) is 83.9 Å². The van der Waals surface area contributed by atoms with Crippen molar-refractivity contribution < 1.29 is 9.84 Å². The SMILES string of the molecule is CC(C)(C)[Si](C)(C)C/C=C\CO[C@@H](c1ccccc1)[C@@H](O)c1ccccc1. The molecule has 0 saturated carbocycles. The van der Waals surface area contributed by atoms with Crippen molar-refractivity contribution in [2.45, 2.75) is 57.2 Å². The highest BCUT2D eigenvalue weighted by Crippen LogP contribution is 2.38. The molecule has 0 aliphatic heterocycles. The molecule has 27 heavy (non-hydrogen) atoms. The van der Waals surface area contributed by atoms with E-state index in [1.54, 1.807) is 0 Å². The first-order valence-corrected chi connectivity index (χ1v) is 13.0. The van der Waals surface area contributed by atoms with Crippen molar-refractivity contribution in [3.8, 4) is 0 Å². The standard InChI is InChI=1S/C24H34O2Si/c1-24(2,3)27(4,5)19-13-12-18-26-23(21-16-10-7-11-17-21)22(25)20-14-8-6-9-15-20/h6-17,22-23,25H,18-19H2,1-5H3/b13-12-/t22-,23-/m0/s1. The largest absolute Gasteiger partial charge is 0.385 e. The topological polar surface area (TPSA) is 29.5 Å². The van der Waals surface area contributed by atoms with Gasteiger partial charge in [0.25, 0.3) is 0 Å². The monoisotopic (exact) mass is 382 g/mol. The normalized spacial score (nSPS) is 15.0. The number of aliphatic hydroxyl groups is 1. The van der Waals surface area contributed by atoms with E-state index in [0.717, 1.165) is 17.2 Å². The van der Waals surface area contributed by atoms with E-state index >= 15 is 0 Å². The molecule has 0 unspecified atom stereocenters. The van der Waals surface area contributed by atoms with Crippen molar-refractivity contribution in [1.29, 1.82) is 0 Å². The minimum absolute atomic E-state index is 0.383. The van der Waals surface area contributed by atoms with Crippen LogP contribution < -0.4 is 0 Å². The summed E-state index contributed by atoms with van der Waals surface area (Å²) in [5.74, 6) is 0. The van der Waals surface area contributed by atoms with E-state index in [4.69, 9.17) is 4.74 Å². The summed E-state index contributed by atoms with van der Waals surface area (Å²) in [5, 5.41) is 11.3. The van der Waals surface area contributed by atoms with E-state index in [0.29, 0.717) is 11.6 Å². The fourth-order valence-corrected chi connectivity index (χ4v) is 4.12. The van der Waals surface area contributed by atoms with Crippen LogP contribution in [0.4, 0.5) is 0 Å². The van der Waals surface area contributed by atoms with Crippen molar-refractivity contribution in [2.24, 2.45) is 0 Å². The summed E-state index contributed by atoms with van der Waals surface area (Å²) in [5.41, 5.74) is 1.86. The van der Waals surface area contributed by atoms with Crippen LogP contribution in [0.25, 0.3) is 0 Å². The van der Waals surface area contributed by atoms with Gasteiger partial charge in [-0.1, -0.05) is 107 Å². The Labute approximate surface area is 165 Å². The van der Waals surface area contributed by atoms with Crippen molar-refractivity contribution in [2.75, 3.05) is 6.61 Å². The number of rotatable bonds is 8. The molecule has 0 aromatic heterocycles. The van der Waals surface area contributed by atoms with Gasteiger partial charge in [0.1, 0.15) is 12.2 Å². The summed E-state index contributed by atoms with van der Waals surface area (Å²) in [6, 6.07) is 20.8. The summed E-state index contributed by atoms with van der Waals surface area (Å²) in [6.45, 7) is 12.4. The number of hydrogen-bond acceptors (Lipinski definition) is 2. The third-order valence-electron chi connectivity index (χ3n) is 5.75. The lowest BCUT2D eigenvalue weighted by atomic mass is 9.98. The fraction of sp³-hybridized carbons (Fsp3) is 0.417. The molecule has 2 aromatic rings. The van der Waals surface area contributed by atoms with Crippen LogP contribution in [-0.4, -0.2) is 19.8 Å². The molecule has 0 aliphatic carbocycles. The molecule has 0 spiro atoms. The Hall–Kier alpha value is -1.68. The third kappa shape index (κ3) is 6.17. The summed E-state index contributed by atoms with van der Waals surface area (Å²) >= 11 is 0. The maximum Gasteiger partial charge on any atom is 0.113 e. The Morgan fingerprint density at radius 1 is 0.889 bits per heavy atom. The van der Waals surface area contributed by atoms with Crippen molar-refractivity contribution >= 4 is 8.07 Å². The van der Waals surface area contributed by atoms with Gasteiger partial charge in [-0.15, -0.1) is 0 Å². The zero-order valence-electron chi connectivity index (χ0n) is 17.4. The highest BCUT2D eigenvalue weighted by atomic mass is 28.3. The van der Waals surface area contributed by atoms with Crippen LogP contribution in [0.3, 0.4) is 0 Å². The van der Waals surface area contributed by atoms with Crippen molar-refractivity contribution in [3.63, 3.8) is 0 Å². The van der Waals surface area contributed by atoms with Crippen LogP contribution in [0, 0.1) is 0 Å². The zero-order chi connectivity index (χ0) is 19.9. The Morgan fingerprint density at radius 2 is 1.41 bits per heavy atom. The predicted molar refractivity (Wildman–Crippen MR) is 118 cm³/mol. The molecule has 0 heterocycles. The molecule has 0 aliphatic rings. The summed E-state index contributed by atoms with van der Waals surface area (Å²) in [7, 11) is -1.31. The molecule has 1 N–H and O–H groups in total. The van der Waals surface area contributed by atoms with Gasteiger partial charge in [0.15, 0.2) is 0 Å². The van der Waals surface area contributed by atoms with E-state index < -0.39 is 14.2 Å². The van der Waals surface area contributed by atoms with Crippen LogP contribution >= 0.6 is 0 Å². The smallest absolute Gasteiger partial charge is 0.113 e. The van der Waals surface area contributed by atoms with Crippen LogP contribution in [-0.2, 0) is 4.74 Å². The predicted octanol–water partition coefficient (Wildman–Crippen LogP) is 6.54. The molecule has 146 valence electrons. The molecule has 0 radical (unpaired) electrons. The highest BCUT2D eigenvalue weighted by molar-refractivity contribution is 6.80. The second kappa shape index (κ2) is 9.49. The van der Waals surface area contributed by atoms with Gasteiger partial charge in [-0.05, 0) is 22.2 Å². The van der Waals surface area contributed by atoms with E-state index in [2.05, 4.69) is 46.0 Å². The maximum absolute atomic E-state index is 10.9. The average Bonchev–Trinajstić information content (AvgIpc) is 2.64. The number of ether oxygens (including phenoxy) is 1. The number of allylic oxidation sites excluding steroid dienone is 1. The lowest BCUT2D eigenvalue weighted by molar-refractivity contribution is -0.0300. The van der Waals surface area contributed by atoms with Crippen LogP contribution in [0.5, 0.6) is 0 Å². The minimum atomic E-state index is -1.31. The van der Waals surface area contributed by atoms with Crippen LogP contribution in [0.2, 0.25) is 24.2 Å². The van der Waals surface area contributed by atoms with Gasteiger partial charge >= 0.3 is 0 Å². The summed E-state index contributed by atoms with van der Waals surface area (Å²) in [4.78, 5) is 0. The van der Waals surface area contributed by atoms with Gasteiger partial charge in [0.05, 0.1) is 14.7 Å². The van der Waals surface area contributed by atoms with Crippen LogP contribution in [0.15, 0.2) is 72.8 Å². The first-order chi connectivity index (χ1) is 12.7. The molecular weight excluding hydrogens is 348 g/mol. The van der Waals surface area contributed by atoms with Gasteiger partial charge in [-0.3, -0.25) is 0 Å². The number of hydrogen-bond donors (Lipinski definition) is 1. The Morgan fingerprint density at radius 3 is 1.93 bits per heavy atom. The molecule has 3 heteroatoms. The van der Waals surface area contributed by atoms with Gasteiger partial charge in [0, 0.05) is 0 Å². The molecule has 2 atom stereocenters. The zero-order valence-corrected chi connectivity index (χ0v) is 18.4. The fourth-order valence-electron chi connectivity index (χ4n) is 2.75. The van der Waals surface area contributed by atoms with E-state index in [1.165, 1.54) is 0 Å².